The van der Waals surface area contributed by atoms with Crippen LogP contribution in [0.1, 0.15) is 19.8 Å². The van der Waals surface area contributed by atoms with E-state index in [0.717, 1.165) is 0 Å². The average molecular weight is 208 g/mol. The summed E-state index contributed by atoms with van der Waals surface area (Å²) in [5.74, 6) is -1.14. The van der Waals surface area contributed by atoms with Gasteiger partial charge in [0, 0.05) is 0 Å². The van der Waals surface area contributed by atoms with E-state index in [-0.39, 0.29) is 5.92 Å². The number of nitrogens with one attached hydrogen (secondary N) is 2. The minimum atomic E-state index is -1.09. The molecule has 0 radical (unpaired) electrons. The summed E-state index contributed by atoms with van der Waals surface area (Å²) in [7, 11) is 0. The van der Waals surface area contributed by atoms with Crippen molar-refractivity contribution in [1.82, 2.24) is 10.6 Å². The van der Waals surface area contributed by atoms with E-state index in [0.29, 0.717) is 12.8 Å². The zero-order valence-corrected chi connectivity index (χ0v) is 8.37. The van der Waals surface area contributed by atoms with E-state index in [4.69, 9.17) is 0 Å². The lowest BCUT2D eigenvalue weighted by Crippen LogP contribution is -2.64. The first-order valence-electron chi connectivity index (χ1n) is 4.91. The Kier molecular flexibility index (Phi) is 2.10. The van der Waals surface area contributed by atoms with Crippen LogP contribution < -0.4 is 10.6 Å². The molecule has 1 fully saturated rings. The van der Waals surface area contributed by atoms with Crippen molar-refractivity contribution in [2.24, 2.45) is 11.3 Å². The maximum Gasteiger partial charge on any atom is 0.328 e. The Hall–Kier alpha value is -1.65. The molecule has 1 spiro atoms. The molecular weight excluding hydrogens is 196 g/mol. The largest absolute Gasteiger partial charge is 0.328 e. The van der Waals surface area contributed by atoms with Gasteiger partial charge in [0.25, 0.3) is 0 Å². The summed E-state index contributed by atoms with van der Waals surface area (Å²) in [5.41, 5.74) is -1.09. The van der Waals surface area contributed by atoms with Crippen LogP contribution in [0.3, 0.4) is 0 Å². The Labute approximate surface area is 86.9 Å². The lowest BCUT2D eigenvalue weighted by molar-refractivity contribution is -0.147. The van der Waals surface area contributed by atoms with Crippen molar-refractivity contribution in [3.8, 4) is 0 Å². The Morgan fingerprint density at radius 1 is 1.27 bits per heavy atom. The summed E-state index contributed by atoms with van der Waals surface area (Å²) in [6.07, 6.45) is 4.93. The average Bonchev–Trinajstić information content (AvgIpc) is 2.16. The maximum atomic E-state index is 11.8. The van der Waals surface area contributed by atoms with Crippen LogP contribution in [0.5, 0.6) is 0 Å². The van der Waals surface area contributed by atoms with Gasteiger partial charge in [-0.05, 0) is 18.8 Å². The molecular formula is C10H12N2O3. The third-order valence-electron chi connectivity index (χ3n) is 3.17. The highest BCUT2D eigenvalue weighted by Gasteiger charge is 2.53. The first-order valence-corrected chi connectivity index (χ1v) is 4.91. The van der Waals surface area contributed by atoms with Crippen molar-refractivity contribution < 1.29 is 14.4 Å². The summed E-state index contributed by atoms with van der Waals surface area (Å²) in [6, 6.07) is -0.725. The van der Waals surface area contributed by atoms with E-state index in [1.54, 1.807) is 0 Å². The molecule has 5 heteroatoms. The predicted molar refractivity (Wildman–Crippen MR) is 51.7 cm³/mol. The monoisotopic (exact) mass is 208 g/mol. The number of hydrogen-bond acceptors (Lipinski definition) is 3. The molecule has 2 rings (SSSR count). The van der Waals surface area contributed by atoms with Crippen LogP contribution in [-0.4, -0.2) is 17.8 Å². The van der Waals surface area contributed by atoms with Crippen LogP contribution in [0.15, 0.2) is 12.2 Å². The first kappa shape index (κ1) is 9.89. The van der Waals surface area contributed by atoms with E-state index in [9.17, 15) is 14.4 Å². The second-order valence-corrected chi connectivity index (χ2v) is 3.96. The Morgan fingerprint density at radius 2 is 1.87 bits per heavy atom. The SMILES string of the molecule is C[C@H]1C=CCCC12C(=O)NC(=O)NC2=O. The van der Waals surface area contributed by atoms with Gasteiger partial charge in [-0.15, -0.1) is 0 Å². The molecule has 0 aromatic heterocycles. The van der Waals surface area contributed by atoms with Gasteiger partial charge < -0.3 is 0 Å². The van der Waals surface area contributed by atoms with E-state index < -0.39 is 23.3 Å². The van der Waals surface area contributed by atoms with Crippen LogP contribution in [-0.2, 0) is 9.59 Å². The number of carbonyl (C=O) groups is 3. The molecule has 0 bridgehead atoms. The highest BCUT2D eigenvalue weighted by Crippen LogP contribution is 2.39. The number of barbiturate groups is 1. The van der Waals surface area contributed by atoms with Crippen LogP contribution in [0.4, 0.5) is 4.79 Å². The van der Waals surface area contributed by atoms with E-state index >= 15 is 0 Å². The second kappa shape index (κ2) is 3.18. The fourth-order valence-corrected chi connectivity index (χ4v) is 2.21. The Morgan fingerprint density at radius 3 is 2.40 bits per heavy atom. The van der Waals surface area contributed by atoms with Gasteiger partial charge in [-0.3, -0.25) is 20.2 Å². The molecule has 1 atom stereocenters. The third-order valence-corrected chi connectivity index (χ3v) is 3.17. The first-order chi connectivity index (χ1) is 7.07. The molecule has 4 amide bonds. The minimum Gasteiger partial charge on any atom is -0.277 e. The molecule has 2 N–H and O–H groups in total. The van der Waals surface area contributed by atoms with Crippen molar-refractivity contribution in [1.29, 1.82) is 0 Å². The fraction of sp³-hybridized carbons (Fsp3) is 0.500. The number of imide groups is 2. The van der Waals surface area contributed by atoms with Crippen molar-refractivity contribution in [3.05, 3.63) is 12.2 Å². The topological polar surface area (TPSA) is 75.3 Å². The van der Waals surface area contributed by atoms with E-state index in [1.165, 1.54) is 0 Å². The maximum absolute atomic E-state index is 11.8. The summed E-state index contributed by atoms with van der Waals surface area (Å²) in [4.78, 5) is 34.5. The smallest absolute Gasteiger partial charge is 0.277 e. The van der Waals surface area contributed by atoms with Crippen LogP contribution in [0.25, 0.3) is 0 Å². The zero-order chi connectivity index (χ0) is 11.1. The van der Waals surface area contributed by atoms with Gasteiger partial charge >= 0.3 is 6.03 Å². The van der Waals surface area contributed by atoms with Gasteiger partial charge in [0.05, 0.1) is 0 Å². The number of urea groups is 1. The van der Waals surface area contributed by atoms with Gasteiger partial charge in [-0.25, -0.2) is 4.79 Å². The van der Waals surface area contributed by atoms with Crippen LogP contribution in [0, 0.1) is 11.3 Å². The minimum absolute atomic E-state index is 0.181. The van der Waals surface area contributed by atoms with Gasteiger partial charge in [0.1, 0.15) is 5.41 Å². The molecule has 0 aromatic rings. The van der Waals surface area contributed by atoms with Crippen LogP contribution in [0.2, 0.25) is 0 Å². The molecule has 5 nitrogen and oxygen atoms in total. The predicted octanol–water partition coefficient (Wildman–Crippen LogP) is 0.325. The van der Waals surface area contributed by atoms with Crippen molar-refractivity contribution in [3.63, 3.8) is 0 Å². The van der Waals surface area contributed by atoms with E-state index in [2.05, 4.69) is 10.6 Å². The standard InChI is InChI=1S/C10H12N2O3/c1-6-4-2-3-5-10(6)7(13)11-9(15)12-8(10)14/h2,4,6H,3,5H2,1H3,(H2,11,12,13,14,15)/t6-/m0/s1. The summed E-state index contributed by atoms with van der Waals surface area (Å²) < 4.78 is 0. The molecule has 1 saturated heterocycles. The normalized spacial score (nSPS) is 28.9. The molecule has 2 aliphatic rings. The number of hydrogen-bond donors (Lipinski definition) is 2. The highest BCUT2D eigenvalue weighted by atomic mass is 16.2. The van der Waals surface area contributed by atoms with Gasteiger partial charge in [-0.1, -0.05) is 19.1 Å². The second-order valence-electron chi connectivity index (χ2n) is 3.96. The lowest BCUT2D eigenvalue weighted by Gasteiger charge is -2.39. The summed E-state index contributed by atoms with van der Waals surface area (Å²) in [6.45, 7) is 1.81. The van der Waals surface area contributed by atoms with Crippen LogP contribution >= 0.6 is 0 Å². The molecule has 80 valence electrons. The molecule has 0 saturated carbocycles. The van der Waals surface area contributed by atoms with Gasteiger partial charge in [-0.2, -0.15) is 0 Å². The zero-order valence-electron chi connectivity index (χ0n) is 8.37. The fourth-order valence-electron chi connectivity index (χ4n) is 2.21. The molecule has 0 aromatic carbocycles. The van der Waals surface area contributed by atoms with Crippen molar-refractivity contribution in [2.75, 3.05) is 0 Å². The molecule has 15 heavy (non-hydrogen) atoms. The third kappa shape index (κ3) is 1.26. The highest BCUT2D eigenvalue weighted by molar-refractivity contribution is 6.19. The van der Waals surface area contributed by atoms with Gasteiger partial charge in [0.15, 0.2) is 0 Å². The summed E-state index contributed by atoms with van der Waals surface area (Å²) >= 11 is 0. The number of amides is 4. The molecule has 1 aliphatic carbocycles. The van der Waals surface area contributed by atoms with Crippen molar-refractivity contribution >= 4 is 17.8 Å². The Bertz CT molecular complexity index is 353. The number of carbonyl (C=O) groups excluding carboxylic acids is 3. The molecule has 1 heterocycles. The quantitative estimate of drug-likeness (QED) is 0.445. The summed E-state index contributed by atoms with van der Waals surface area (Å²) in [5, 5.41) is 4.31. The lowest BCUT2D eigenvalue weighted by atomic mass is 9.68. The van der Waals surface area contributed by atoms with E-state index in [1.807, 2.05) is 19.1 Å². The Balaban J connectivity index is 2.41. The molecule has 1 aliphatic heterocycles. The van der Waals surface area contributed by atoms with Crippen molar-refractivity contribution in [2.45, 2.75) is 19.8 Å². The number of allylic oxidation sites excluding steroid dienone is 2. The number of rotatable bonds is 0. The molecule has 0 unspecified atom stereocenters. The van der Waals surface area contributed by atoms with Gasteiger partial charge in [0.2, 0.25) is 11.8 Å².